The Bertz CT molecular complexity index is 998. The Labute approximate surface area is 187 Å². The van der Waals surface area contributed by atoms with E-state index < -0.39 is 23.1 Å². The molecule has 0 aromatic heterocycles. The maximum absolute atomic E-state index is 13.0. The molecule has 0 aliphatic heterocycles. The van der Waals surface area contributed by atoms with Gasteiger partial charge in [0.1, 0.15) is 35.1 Å². The van der Waals surface area contributed by atoms with E-state index in [1.165, 1.54) is 13.2 Å². The standard InChI is InChI=1S/C24H29ClO6/c1-12-19(16(27)7-17(30-5)20(12)25)21(28)31-18-10-23(4)15-9-22(2,3)8-13(15)6-14(11-26)24(18,23)29/h6-7,11,13,15,18,27,29H,8-10H2,1-5H3/t13-,15-,18+,23?,24?/m1/s1. The molecule has 0 amide bonds. The van der Waals surface area contributed by atoms with Crippen LogP contribution in [-0.2, 0) is 9.53 Å². The molecule has 0 bridgehead atoms. The van der Waals surface area contributed by atoms with Crippen LogP contribution >= 0.6 is 11.6 Å². The van der Waals surface area contributed by atoms with Gasteiger partial charge in [0.15, 0.2) is 0 Å². The van der Waals surface area contributed by atoms with Crippen LogP contribution in [0.3, 0.4) is 0 Å². The Morgan fingerprint density at radius 2 is 1.94 bits per heavy atom. The predicted octanol–water partition coefficient (Wildman–Crippen LogP) is 4.22. The first-order chi connectivity index (χ1) is 14.4. The molecule has 0 radical (unpaired) electrons. The zero-order valence-electron chi connectivity index (χ0n) is 18.5. The third-order valence-electron chi connectivity index (χ3n) is 7.92. The van der Waals surface area contributed by atoms with Crippen molar-refractivity contribution in [1.82, 2.24) is 0 Å². The van der Waals surface area contributed by atoms with Crippen LogP contribution in [0.4, 0.5) is 0 Å². The van der Waals surface area contributed by atoms with Gasteiger partial charge in [0.05, 0.1) is 12.1 Å². The highest BCUT2D eigenvalue weighted by molar-refractivity contribution is 6.33. The highest BCUT2D eigenvalue weighted by Gasteiger charge is 2.72. The van der Waals surface area contributed by atoms with E-state index in [2.05, 4.69) is 13.8 Å². The highest BCUT2D eigenvalue weighted by atomic mass is 35.5. The van der Waals surface area contributed by atoms with Crippen molar-refractivity contribution < 1.29 is 29.3 Å². The molecule has 0 spiro atoms. The number of methoxy groups -OCH3 is 1. The van der Waals surface area contributed by atoms with Crippen molar-refractivity contribution in [2.45, 2.75) is 58.7 Å². The fourth-order valence-corrected chi connectivity index (χ4v) is 6.54. The van der Waals surface area contributed by atoms with Gasteiger partial charge in [-0.15, -0.1) is 0 Å². The molecule has 1 aromatic carbocycles. The van der Waals surface area contributed by atoms with E-state index in [1.54, 1.807) is 6.92 Å². The van der Waals surface area contributed by atoms with Crippen molar-refractivity contribution in [1.29, 1.82) is 0 Å². The lowest BCUT2D eigenvalue weighted by Gasteiger charge is -2.64. The van der Waals surface area contributed by atoms with Crippen LogP contribution in [0.5, 0.6) is 11.5 Å². The molecule has 2 unspecified atom stereocenters. The molecule has 2 fully saturated rings. The number of aromatic hydroxyl groups is 1. The average molecular weight is 449 g/mol. The summed E-state index contributed by atoms with van der Waals surface area (Å²) in [6.07, 6.45) is 4.02. The number of carbonyl (C=O) groups excluding carboxylic acids is 2. The third kappa shape index (κ3) is 2.94. The molecular formula is C24H29ClO6. The number of ether oxygens (including phenoxy) is 2. The first kappa shape index (κ1) is 22.2. The number of halogens is 1. The van der Waals surface area contributed by atoms with Crippen molar-refractivity contribution in [3.05, 3.63) is 33.9 Å². The maximum Gasteiger partial charge on any atom is 0.342 e. The fraction of sp³-hybridized carbons (Fsp3) is 0.583. The van der Waals surface area contributed by atoms with Gasteiger partial charge in [-0.05, 0) is 49.0 Å². The number of aliphatic hydroxyl groups is 1. The Kier molecular flexibility index (Phi) is 4.98. The van der Waals surface area contributed by atoms with E-state index in [4.69, 9.17) is 21.1 Å². The predicted molar refractivity (Wildman–Crippen MR) is 115 cm³/mol. The van der Waals surface area contributed by atoms with Gasteiger partial charge in [-0.1, -0.05) is 38.4 Å². The molecule has 4 rings (SSSR count). The van der Waals surface area contributed by atoms with Crippen LogP contribution in [0, 0.1) is 29.6 Å². The van der Waals surface area contributed by atoms with E-state index in [9.17, 15) is 19.8 Å². The summed E-state index contributed by atoms with van der Waals surface area (Å²) in [7, 11) is 1.41. The Balaban J connectivity index is 1.66. The summed E-state index contributed by atoms with van der Waals surface area (Å²) in [5, 5.41) is 22.3. The average Bonchev–Trinajstić information content (AvgIpc) is 3.01. The van der Waals surface area contributed by atoms with Crippen LogP contribution in [0.2, 0.25) is 5.02 Å². The second-order valence-corrected chi connectivity index (χ2v) is 10.7. The molecule has 168 valence electrons. The fourth-order valence-electron chi connectivity index (χ4n) is 6.31. The molecule has 2 N–H and O–H groups in total. The Hall–Kier alpha value is -2.05. The van der Waals surface area contributed by atoms with Crippen LogP contribution in [0.15, 0.2) is 17.7 Å². The van der Waals surface area contributed by atoms with Crippen LogP contribution in [-0.4, -0.2) is 41.3 Å². The monoisotopic (exact) mass is 448 g/mol. The second-order valence-electron chi connectivity index (χ2n) is 10.3. The number of allylic oxidation sites excluding steroid dienone is 1. The number of fused-ring (bicyclic) bond motifs is 3. The molecule has 3 aliphatic carbocycles. The normalized spacial score (nSPS) is 35.3. The van der Waals surface area contributed by atoms with Gasteiger partial charge in [-0.3, -0.25) is 4.79 Å². The van der Waals surface area contributed by atoms with Gasteiger partial charge >= 0.3 is 5.97 Å². The minimum atomic E-state index is -1.55. The van der Waals surface area contributed by atoms with Gasteiger partial charge in [0, 0.05) is 17.1 Å². The topological polar surface area (TPSA) is 93.1 Å². The van der Waals surface area contributed by atoms with Crippen molar-refractivity contribution in [3.8, 4) is 11.5 Å². The van der Waals surface area contributed by atoms with Crippen LogP contribution in [0.1, 0.15) is 56.0 Å². The van der Waals surface area contributed by atoms with Crippen molar-refractivity contribution in [3.63, 3.8) is 0 Å². The summed E-state index contributed by atoms with van der Waals surface area (Å²) in [4.78, 5) is 24.9. The molecule has 5 atom stereocenters. The third-order valence-corrected chi connectivity index (χ3v) is 8.39. The lowest BCUT2D eigenvalue weighted by Crippen LogP contribution is -2.72. The van der Waals surface area contributed by atoms with Crippen molar-refractivity contribution >= 4 is 23.9 Å². The number of phenols is 1. The van der Waals surface area contributed by atoms with E-state index in [0.29, 0.717) is 18.3 Å². The number of rotatable bonds is 4. The second kappa shape index (κ2) is 6.97. The number of aldehydes is 1. The summed E-state index contributed by atoms with van der Waals surface area (Å²) < 4.78 is 10.8. The van der Waals surface area contributed by atoms with Gasteiger partial charge in [-0.25, -0.2) is 4.79 Å². The summed E-state index contributed by atoms with van der Waals surface area (Å²) in [5.74, 6) is -0.429. The largest absolute Gasteiger partial charge is 0.507 e. The van der Waals surface area contributed by atoms with Gasteiger partial charge in [-0.2, -0.15) is 0 Å². The van der Waals surface area contributed by atoms with Gasteiger partial charge < -0.3 is 19.7 Å². The number of hydrogen-bond acceptors (Lipinski definition) is 6. The van der Waals surface area contributed by atoms with E-state index in [-0.39, 0.29) is 44.9 Å². The van der Waals surface area contributed by atoms with Crippen LogP contribution < -0.4 is 4.74 Å². The van der Waals surface area contributed by atoms with Crippen LogP contribution in [0.25, 0.3) is 0 Å². The minimum Gasteiger partial charge on any atom is -0.507 e. The van der Waals surface area contributed by atoms with Crippen molar-refractivity contribution in [2.75, 3.05) is 7.11 Å². The smallest absolute Gasteiger partial charge is 0.342 e. The first-order valence-corrected chi connectivity index (χ1v) is 10.9. The number of benzene rings is 1. The number of phenolic OH excluding ortho intramolecular Hbond substituents is 1. The first-order valence-electron chi connectivity index (χ1n) is 10.6. The maximum atomic E-state index is 13.0. The molecule has 0 heterocycles. The Morgan fingerprint density at radius 3 is 2.55 bits per heavy atom. The van der Waals surface area contributed by atoms with E-state index in [0.717, 1.165) is 12.8 Å². The molecule has 7 heteroatoms. The van der Waals surface area contributed by atoms with E-state index in [1.807, 2.05) is 13.0 Å². The zero-order chi connectivity index (χ0) is 22.9. The van der Waals surface area contributed by atoms with Crippen molar-refractivity contribution in [2.24, 2.45) is 22.7 Å². The summed E-state index contributed by atoms with van der Waals surface area (Å²) >= 11 is 6.24. The zero-order valence-corrected chi connectivity index (χ0v) is 19.2. The molecule has 6 nitrogen and oxygen atoms in total. The molecular weight excluding hydrogens is 420 g/mol. The summed E-state index contributed by atoms with van der Waals surface area (Å²) in [6, 6.07) is 1.26. The lowest BCUT2D eigenvalue weighted by molar-refractivity contribution is -0.246. The number of carbonyl (C=O) groups is 2. The lowest BCUT2D eigenvalue weighted by atomic mass is 9.44. The summed E-state index contributed by atoms with van der Waals surface area (Å²) in [6.45, 7) is 7.98. The van der Waals surface area contributed by atoms with Gasteiger partial charge in [0.2, 0.25) is 0 Å². The molecule has 2 saturated carbocycles. The molecule has 0 saturated heterocycles. The van der Waals surface area contributed by atoms with E-state index >= 15 is 0 Å². The Morgan fingerprint density at radius 1 is 1.26 bits per heavy atom. The highest BCUT2D eigenvalue weighted by Crippen LogP contribution is 2.68. The number of hydrogen-bond donors (Lipinski definition) is 2. The summed E-state index contributed by atoms with van der Waals surface area (Å²) in [5.41, 5.74) is -1.45. The molecule has 3 aliphatic rings. The molecule has 31 heavy (non-hydrogen) atoms. The number of esters is 1. The SMILES string of the molecule is COc1cc(O)c(C(=O)O[C@H]2CC3(C)[C@@H]4CC(C)(C)C[C@H]4C=C(C=O)C23O)c(C)c1Cl. The van der Waals surface area contributed by atoms with Gasteiger partial charge in [0.25, 0.3) is 0 Å². The quantitative estimate of drug-likeness (QED) is 0.529. The minimum absolute atomic E-state index is 0.0738. The molecule has 1 aromatic rings.